The Bertz CT molecular complexity index is 965. The molecular formula is C23H30N4O4. The number of fused-ring (bicyclic) bond motifs is 2. The highest BCUT2D eigenvalue weighted by molar-refractivity contribution is 5.43. The number of aryl methyl sites for hydroxylation is 1. The summed E-state index contributed by atoms with van der Waals surface area (Å²) in [5.41, 5.74) is 1.01. The molecule has 0 saturated carbocycles. The van der Waals surface area contributed by atoms with Crippen molar-refractivity contribution < 1.29 is 19.3 Å². The second-order valence-corrected chi connectivity index (χ2v) is 9.45. The van der Waals surface area contributed by atoms with Gasteiger partial charge in [-0.2, -0.15) is 0 Å². The van der Waals surface area contributed by atoms with Gasteiger partial charge >= 0.3 is 0 Å². The third-order valence-electron chi connectivity index (χ3n) is 7.44. The lowest BCUT2D eigenvalue weighted by atomic mass is 9.83. The molecule has 4 atom stereocenters. The van der Waals surface area contributed by atoms with Crippen LogP contribution in [0.1, 0.15) is 11.4 Å². The van der Waals surface area contributed by atoms with Crippen molar-refractivity contribution in [2.75, 3.05) is 46.0 Å². The predicted molar refractivity (Wildman–Crippen MR) is 113 cm³/mol. The number of imidazole rings is 1. The Morgan fingerprint density at radius 3 is 2.68 bits per heavy atom. The predicted octanol–water partition coefficient (Wildman–Crippen LogP) is 0.885. The zero-order valence-corrected chi connectivity index (χ0v) is 17.9. The molecule has 4 aliphatic rings. The Morgan fingerprint density at radius 1 is 1.10 bits per heavy atom. The van der Waals surface area contributed by atoms with Crippen LogP contribution >= 0.6 is 0 Å². The van der Waals surface area contributed by atoms with Gasteiger partial charge in [-0.15, -0.1) is 0 Å². The number of hydrogen-bond acceptors (Lipinski definition) is 7. The topological polar surface area (TPSA) is 72.2 Å². The van der Waals surface area contributed by atoms with E-state index < -0.39 is 0 Å². The van der Waals surface area contributed by atoms with Gasteiger partial charge in [0.25, 0.3) is 0 Å². The lowest BCUT2D eigenvalue weighted by molar-refractivity contribution is -0.120. The van der Waals surface area contributed by atoms with E-state index in [1.54, 1.807) is 0 Å². The summed E-state index contributed by atoms with van der Waals surface area (Å²) in [6.45, 7) is 6.64. The molecule has 5 heterocycles. The van der Waals surface area contributed by atoms with Crippen LogP contribution in [0, 0.1) is 11.8 Å². The number of morpholine rings is 1. The van der Waals surface area contributed by atoms with E-state index in [1.807, 2.05) is 25.5 Å². The first-order valence-electron chi connectivity index (χ1n) is 11.2. The number of aliphatic hydroxyl groups excluding tert-OH is 1. The molecule has 1 aromatic carbocycles. The molecule has 166 valence electrons. The molecule has 6 rings (SSSR count). The van der Waals surface area contributed by atoms with E-state index in [4.69, 9.17) is 14.2 Å². The zero-order valence-electron chi connectivity index (χ0n) is 17.9. The molecule has 3 fully saturated rings. The van der Waals surface area contributed by atoms with Gasteiger partial charge in [-0.3, -0.25) is 9.80 Å². The maximum atomic E-state index is 10.2. The summed E-state index contributed by atoms with van der Waals surface area (Å²) in [7, 11) is 2.04. The summed E-state index contributed by atoms with van der Waals surface area (Å²) >= 11 is 0. The summed E-state index contributed by atoms with van der Waals surface area (Å²) in [5.74, 6) is 3.28. The lowest BCUT2D eigenvalue weighted by Gasteiger charge is -2.40. The van der Waals surface area contributed by atoms with Gasteiger partial charge in [0.05, 0.1) is 18.2 Å². The number of aliphatic hydroxyl groups is 1. The molecular weight excluding hydrogens is 396 g/mol. The smallest absolute Gasteiger partial charge is 0.161 e. The molecule has 4 aliphatic heterocycles. The van der Waals surface area contributed by atoms with Gasteiger partial charge in [0, 0.05) is 70.6 Å². The van der Waals surface area contributed by atoms with Crippen LogP contribution in [0.25, 0.3) is 0 Å². The number of rotatable bonds is 5. The van der Waals surface area contributed by atoms with Crippen molar-refractivity contribution in [1.29, 1.82) is 0 Å². The van der Waals surface area contributed by atoms with E-state index in [9.17, 15) is 5.11 Å². The average molecular weight is 427 g/mol. The first-order valence-corrected chi connectivity index (χ1v) is 11.2. The van der Waals surface area contributed by atoms with Gasteiger partial charge in [0.2, 0.25) is 0 Å². The number of ether oxygens (including phenoxy) is 3. The van der Waals surface area contributed by atoms with E-state index in [1.165, 1.54) is 5.56 Å². The average Bonchev–Trinajstić information content (AvgIpc) is 3.37. The van der Waals surface area contributed by atoms with Crippen molar-refractivity contribution in [2.24, 2.45) is 18.9 Å². The summed E-state index contributed by atoms with van der Waals surface area (Å²) in [4.78, 5) is 9.43. The minimum absolute atomic E-state index is 0.0938. The third-order valence-corrected chi connectivity index (χ3v) is 7.44. The first-order chi connectivity index (χ1) is 15.1. The van der Waals surface area contributed by atoms with E-state index >= 15 is 0 Å². The zero-order chi connectivity index (χ0) is 21.0. The molecule has 8 heteroatoms. The maximum absolute atomic E-state index is 10.2. The Kier molecular flexibility index (Phi) is 4.72. The van der Waals surface area contributed by atoms with E-state index in [2.05, 4.69) is 31.5 Å². The van der Waals surface area contributed by atoms with Crippen molar-refractivity contribution >= 4 is 0 Å². The first kappa shape index (κ1) is 19.5. The second kappa shape index (κ2) is 7.48. The van der Waals surface area contributed by atoms with E-state index in [0.717, 1.165) is 56.6 Å². The SMILES string of the molecule is Cn1ccnc1CN1C[C@@H]2[C@H](CO)[C@H]3CN(Cc4ccc5c(c4)OCCO5)C[C@]2(C1)O3. The Labute approximate surface area is 182 Å². The standard InChI is InChI=1S/C23H30N4O4/c1-25-5-4-24-22(25)12-27-10-18-17(13-28)21-11-26(14-23(18,15-27)31-21)9-16-2-3-19-20(8-16)30-7-6-29-19/h2-5,8,17-18,21,28H,6-7,9-15H2,1H3/t17-,18+,21+,23+/m0/s1. The van der Waals surface area contributed by atoms with Gasteiger partial charge in [0.1, 0.15) is 19.0 Å². The lowest BCUT2D eigenvalue weighted by Crippen LogP contribution is -2.53. The number of likely N-dealkylation sites (tertiary alicyclic amines) is 2. The normalized spacial score (nSPS) is 32.4. The summed E-state index contributed by atoms with van der Waals surface area (Å²) in [5, 5.41) is 10.2. The monoisotopic (exact) mass is 426 g/mol. The fourth-order valence-electron chi connectivity index (χ4n) is 6.06. The van der Waals surface area contributed by atoms with Crippen molar-refractivity contribution in [3.8, 4) is 11.5 Å². The summed E-state index contributed by atoms with van der Waals surface area (Å²) in [6, 6.07) is 6.25. The van der Waals surface area contributed by atoms with Gasteiger partial charge in [-0.25, -0.2) is 4.98 Å². The highest BCUT2D eigenvalue weighted by atomic mass is 16.6. The van der Waals surface area contributed by atoms with E-state index in [-0.39, 0.29) is 24.2 Å². The molecule has 2 bridgehead atoms. The highest BCUT2D eigenvalue weighted by Gasteiger charge is 2.62. The molecule has 0 unspecified atom stereocenters. The molecule has 1 spiro atoms. The van der Waals surface area contributed by atoms with Crippen LogP contribution in [0.4, 0.5) is 0 Å². The van der Waals surface area contributed by atoms with Crippen molar-refractivity contribution in [3.63, 3.8) is 0 Å². The Morgan fingerprint density at radius 2 is 1.90 bits per heavy atom. The molecule has 0 amide bonds. The molecule has 2 aromatic rings. The molecule has 0 aliphatic carbocycles. The van der Waals surface area contributed by atoms with Gasteiger partial charge < -0.3 is 23.9 Å². The molecule has 0 radical (unpaired) electrons. The number of aromatic nitrogens is 2. The second-order valence-electron chi connectivity index (χ2n) is 9.45. The molecule has 3 saturated heterocycles. The third kappa shape index (κ3) is 3.33. The minimum atomic E-state index is -0.213. The summed E-state index contributed by atoms with van der Waals surface area (Å²) < 4.78 is 20.1. The van der Waals surface area contributed by atoms with Crippen molar-refractivity contribution in [2.45, 2.75) is 24.8 Å². The van der Waals surface area contributed by atoms with Gasteiger partial charge in [0.15, 0.2) is 11.5 Å². The molecule has 31 heavy (non-hydrogen) atoms. The minimum Gasteiger partial charge on any atom is -0.486 e. The quantitative estimate of drug-likeness (QED) is 0.761. The Hall–Kier alpha value is -2.13. The van der Waals surface area contributed by atoms with Crippen LogP contribution in [0.15, 0.2) is 30.6 Å². The highest BCUT2D eigenvalue weighted by Crippen LogP contribution is 2.49. The van der Waals surface area contributed by atoms with Crippen LogP contribution in [-0.2, 0) is 24.9 Å². The van der Waals surface area contributed by atoms with Gasteiger partial charge in [-0.05, 0) is 17.7 Å². The maximum Gasteiger partial charge on any atom is 0.161 e. The molecule has 1 aromatic heterocycles. The molecule has 8 nitrogen and oxygen atoms in total. The van der Waals surface area contributed by atoms with Crippen LogP contribution in [0.2, 0.25) is 0 Å². The van der Waals surface area contributed by atoms with Crippen molar-refractivity contribution in [3.05, 3.63) is 42.0 Å². The largest absolute Gasteiger partial charge is 0.486 e. The van der Waals surface area contributed by atoms with Crippen molar-refractivity contribution in [1.82, 2.24) is 19.4 Å². The Balaban J connectivity index is 1.20. The number of hydrogen-bond donors (Lipinski definition) is 1. The van der Waals surface area contributed by atoms with Crippen LogP contribution in [-0.4, -0.2) is 82.2 Å². The van der Waals surface area contributed by atoms with E-state index in [0.29, 0.717) is 19.1 Å². The van der Waals surface area contributed by atoms with Crippen LogP contribution in [0.3, 0.4) is 0 Å². The van der Waals surface area contributed by atoms with Crippen LogP contribution < -0.4 is 9.47 Å². The fraction of sp³-hybridized carbons (Fsp3) is 0.609. The van der Waals surface area contributed by atoms with Gasteiger partial charge in [-0.1, -0.05) is 6.07 Å². The molecule has 1 N–H and O–H groups in total. The number of nitrogens with zero attached hydrogens (tertiary/aromatic N) is 4. The van der Waals surface area contributed by atoms with Crippen LogP contribution in [0.5, 0.6) is 11.5 Å². The number of benzene rings is 1. The summed E-state index contributed by atoms with van der Waals surface area (Å²) in [6.07, 6.45) is 3.93. The fourth-order valence-corrected chi connectivity index (χ4v) is 6.06.